The Bertz CT molecular complexity index is 1200. The van der Waals surface area contributed by atoms with E-state index < -0.39 is 0 Å². The molecule has 1 heterocycles. The second kappa shape index (κ2) is 6.85. The molecule has 0 fully saturated rings. The van der Waals surface area contributed by atoms with Crippen LogP contribution in [0.25, 0.3) is 32.6 Å². The van der Waals surface area contributed by atoms with Gasteiger partial charge >= 0.3 is 0 Å². The van der Waals surface area contributed by atoms with Crippen molar-refractivity contribution >= 4 is 32.6 Å². The van der Waals surface area contributed by atoms with Crippen LogP contribution in [-0.2, 0) is 6.54 Å². The van der Waals surface area contributed by atoms with E-state index in [0.717, 1.165) is 46.4 Å². The molecule has 27 heavy (non-hydrogen) atoms. The topological polar surface area (TPSA) is 47.2 Å². The highest BCUT2D eigenvalue weighted by Gasteiger charge is 2.18. The number of unbranched alkanes of at least 4 members (excludes halogenated alkanes) is 1. The van der Waals surface area contributed by atoms with Crippen molar-refractivity contribution in [3.63, 3.8) is 0 Å². The van der Waals surface area contributed by atoms with Gasteiger partial charge in [0.15, 0.2) is 11.5 Å². The number of benzene rings is 3. The molecule has 0 bridgehead atoms. The summed E-state index contributed by atoms with van der Waals surface area (Å²) in [6.07, 6.45) is 2.19. The summed E-state index contributed by atoms with van der Waals surface area (Å²) >= 11 is 0. The van der Waals surface area contributed by atoms with Crippen LogP contribution in [0.1, 0.15) is 25.3 Å². The molecule has 0 amide bonds. The summed E-state index contributed by atoms with van der Waals surface area (Å²) < 4.78 is 13.4. The van der Waals surface area contributed by atoms with Gasteiger partial charge in [0.2, 0.25) is 0 Å². The minimum atomic E-state index is 0.671. The Balaban J connectivity index is 2.24. The molecule has 3 aromatic carbocycles. The lowest BCUT2D eigenvalue weighted by atomic mass is 10.00. The van der Waals surface area contributed by atoms with Crippen LogP contribution in [0.2, 0.25) is 0 Å². The van der Waals surface area contributed by atoms with Crippen LogP contribution in [0.15, 0.2) is 42.5 Å². The van der Waals surface area contributed by atoms with Crippen molar-refractivity contribution in [3.05, 3.63) is 48.0 Å². The van der Waals surface area contributed by atoms with Gasteiger partial charge in [0.05, 0.1) is 31.4 Å². The lowest BCUT2D eigenvalue weighted by Gasteiger charge is -2.13. The molecule has 136 valence electrons. The van der Waals surface area contributed by atoms with Crippen molar-refractivity contribution in [3.8, 4) is 17.6 Å². The summed E-state index contributed by atoms with van der Waals surface area (Å²) in [7, 11) is 3.28. The standard InChI is InChI=1S/C23H22N2O2/c1-4-5-10-25-19-9-7-6-8-17(19)22-16(14-24)11-15-12-20(26-2)21(27-3)13-18(15)23(22)25/h6-9,11-13H,4-5,10H2,1-3H3. The third-order valence-electron chi connectivity index (χ3n) is 5.21. The van der Waals surface area contributed by atoms with Gasteiger partial charge in [-0.25, -0.2) is 0 Å². The van der Waals surface area contributed by atoms with E-state index in [1.807, 2.05) is 24.3 Å². The maximum absolute atomic E-state index is 9.85. The maximum Gasteiger partial charge on any atom is 0.161 e. The molecule has 0 aliphatic rings. The third kappa shape index (κ3) is 2.59. The molecular weight excluding hydrogens is 336 g/mol. The van der Waals surface area contributed by atoms with E-state index >= 15 is 0 Å². The highest BCUT2D eigenvalue weighted by molar-refractivity contribution is 6.20. The first kappa shape index (κ1) is 17.2. The van der Waals surface area contributed by atoms with Gasteiger partial charge in [-0.15, -0.1) is 0 Å². The number of rotatable bonds is 5. The quantitative estimate of drug-likeness (QED) is 0.464. The molecule has 0 spiro atoms. The van der Waals surface area contributed by atoms with E-state index in [1.165, 1.54) is 5.52 Å². The fourth-order valence-corrected chi connectivity index (χ4v) is 3.94. The van der Waals surface area contributed by atoms with Crippen LogP contribution in [0.5, 0.6) is 11.5 Å². The molecule has 4 aromatic rings. The molecular formula is C23H22N2O2. The zero-order chi connectivity index (χ0) is 19.0. The number of hydrogen-bond acceptors (Lipinski definition) is 3. The Labute approximate surface area is 158 Å². The van der Waals surface area contributed by atoms with Gasteiger partial charge in [-0.2, -0.15) is 5.26 Å². The van der Waals surface area contributed by atoms with Gasteiger partial charge in [-0.05, 0) is 36.1 Å². The molecule has 0 saturated carbocycles. The van der Waals surface area contributed by atoms with Crippen LogP contribution in [0.4, 0.5) is 0 Å². The first-order chi connectivity index (χ1) is 13.2. The molecule has 0 aliphatic heterocycles. The van der Waals surface area contributed by atoms with Crippen molar-refractivity contribution in [2.24, 2.45) is 0 Å². The lowest BCUT2D eigenvalue weighted by Crippen LogP contribution is -1.98. The largest absolute Gasteiger partial charge is 0.493 e. The smallest absolute Gasteiger partial charge is 0.161 e. The molecule has 4 rings (SSSR count). The van der Waals surface area contributed by atoms with E-state index in [4.69, 9.17) is 9.47 Å². The van der Waals surface area contributed by atoms with Gasteiger partial charge in [0.1, 0.15) is 0 Å². The number of nitriles is 1. The minimum Gasteiger partial charge on any atom is -0.493 e. The maximum atomic E-state index is 9.85. The average Bonchev–Trinajstić information content (AvgIpc) is 3.05. The van der Waals surface area contributed by atoms with Crippen LogP contribution in [-0.4, -0.2) is 18.8 Å². The van der Waals surface area contributed by atoms with Crippen LogP contribution in [0, 0.1) is 11.3 Å². The molecule has 0 N–H and O–H groups in total. The fraction of sp³-hybridized carbons (Fsp3) is 0.261. The highest BCUT2D eigenvalue weighted by Crippen LogP contribution is 2.41. The molecule has 0 radical (unpaired) electrons. The van der Waals surface area contributed by atoms with E-state index in [0.29, 0.717) is 17.1 Å². The number of aryl methyl sites for hydroxylation is 1. The second-order valence-electron chi connectivity index (χ2n) is 6.71. The van der Waals surface area contributed by atoms with Crippen molar-refractivity contribution in [2.45, 2.75) is 26.3 Å². The Hall–Kier alpha value is -3.19. The molecule has 0 unspecified atom stereocenters. The van der Waals surface area contributed by atoms with Gasteiger partial charge in [0.25, 0.3) is 0 Å². The first-order valence-electron chi connectivity index (χ1n) is 9.23. The summed E-state index contributed by atoms with van der Waals surface area (Å²) in [5, 5.41) is 14.1. The Kier molecular flexibility index (Phi) is 4.37. The summed E-state index contributed by atoms with van der Waals surface area (Å²) in [5.41, 5.74) is 2.95. The summed E-state index contributed by atoms with van der Waals surface area (Å²) in [6, 6.07) is 16.7. The summed E-state index contributed by atoms with van der Waals surface area (Å²) in [5.74, 6) is 1.37. The van der Waals surface area contributed by atoms with E-state index in [2.05, 4.69) is 35.8 Å². The van der Waals surface area contributed by atoms with Gasteiger partial charge in [-0.3, -0.25) is 0 Å². The molecule has 0 atom stereocenters. The third-order valence-corrected chi connectivity index (χ3v) is 5.21. The monoisotopic (exact) mass is 358 g/mol. The lowest BCUT2D eigenvalue weighted by molar-refractivity contribution is 0.356. The average molecular weight is 358 g/mol. The SMILES string of the molecule is CCCCn1c2ccccc2c2c(C#N)cc3cc(OC)c(OC)cc3c21. The fourth-order valence-electron chi connectivity index (χ4n) is 3.94. The Morgan fingerprint density at radius 1 is 1.00 bits per heavy atom. The number of nitrogens with zero attached hydrogens (tertiary/aromatic N) is 2. The van der Waals surface area contributed by atoms with E-state index in [-0.39, 0.29) is 0 Å². The Morgan fingerprint density at radius 2 is 1.74 bits per heavy atom. The molecule has 1 aromatic heterocycles. The van der Waals surface area contributed by atoms with Crippen molar-refractivity contribution in [1.29, 1.82) is 5.26 Å². The second-order valence-corrected chi connectivity index (χ2v) is 6.71. The highest BCUT2D eigenvalue weighted by atomic mass is 16.5. The number of methoxy groups -OCH3 is 2. The van der Waals surface area contributed by atoms with Gasteiger partial charge < -0.3 is 14.0 Å². The molecule has 0 aliphatic carbocycles. The van der Waals surface area contributed by atoms with Crippen LogP contribution >= 0.6 is 0 Å². The minimum absolute atomic E-state index is 0.671. The number of fused-ring (bicyclic) bond motifs is 5. The predicted octanol–water partition coefficient (Wildman–Crippen LogP) is 5.64. The summed E-state index contributed by atoms with van der Waals surface area (Å²) in [6.45, 7) is 3.11. The van der Waals surface area contributed by atoms with Gasteiger partial charge in [-0.1, -0.05) is 31.5 Å². The van der Waals surface area contributed by atoms with E-state index in [1.54, 1.807) is 14.2 Å². The predicted molar refractivity (Wildman–Crippen MR) is 110 cm³/mol. The number of ether oxygens (including phenoxy) is 2. The normalized spacial score (nSPS) is 11.2. The zero-order valence-corrected chi connectivity index (χ0v) is 15.9. The molecule has 0 saturated heterocycles. The number of aromatic nitrogens is 1. The molecule has 4 nitrogen and oxygen atoms in total. The first-order valence-corrected chi connectivity index (χ1v) is 9.23. The van der Waals surface area contributed by atoms with Crippen molar-refractivity contribution in [2.75, 3.05) is 14.2 Å². The van der Waals surface area contributed by atoms with Crippen LogP contribution < -0.4 is 9.47 Å². The number of hydrogen-bond donors (Lipinski definition) is 0. The van der Waals surface area contributed by atoms with Crippen molar-refractivity contribution < 1.29 is 9.47 Å². The van der Waals surface area contributed by atoms with E-state index in [9.17, 15) is 5.26 Å². The van der Waals surface area contributed by atoms with Gasteiger partial charge in [0, 0.05) is 28.2 Å². The Morgan fingerprint density at radius 3 is 2.44 bits per heavy atom. The van der Waals surface area contributed by atoms with Crippen LogP contribution in [0.3, 0.4) is 0 Å². The molecule has 4 heteroatoms. The zero-order valence-electron chi connectivity index (χ0n) is 15.9. The number of para-hydroxylation sites is 1. The van der Waals surface area contributed by atoms with Crippen molar-refractivity contribution in [1.82, 2.24) is 4.57 Å². The summed E-state index contributed by atoms with van der Waals surface area (Å²) in [4.78, 5) is 0.